The lowest BCUT2D eigenvalue weighted by Gasteiger charge is -2.36. The highest BCUT2D eigenvalue weighted by molar-refractivity contribution is 6.74. The molecule has 0 unspecified atom stereocenters. The Morgan fingerprint density at radius 2 is 1.88 bits per heavy atom. The fourth-order valence-electron chi connectivity index (χ4n) is 2.00. The zero-order valence-corrected chi connectivity index (χ0v) is 17.6. The Bertz CT molecular complexity index is 683. The molecular weight excluding hydrogens is 362 g/mol. The first-order valence-corrected chi connectivity index (χ1v) is 11.3. The van der Waals surface area contributed by atoms with Crippen LogP contribution in [0.3, 0.4) is 0 Å². The van der Waals surface area contributed by atoms with Crippen molar-refractivity contribution in [1.82, 2.24) is 0 Å². The number of nitro benzene ring substituents is 1. The van der Waals surface area contributed by atoms with E-state index in [0.717, 1.165) is 0 Å². The average molecular weight is 388 g/mol. The lowest BCUT2D eigenvalue weighted by Crippen LogP contribution is -2.41. The number of hydrogen-bond acceptors (Lipinski definition) is 5. The molecular formula is C17H26ClNO5Si. The molecule has 0 fully saturated rings. The van der Waals surface area contributed by atoms with Crippen LogP contribution in [0.1, 0.15) is 43.6 Å². The number of Topliss-reactive ketones (excluding diaryl/α,β-unsaturated/α-hetero) is 1. The van der Waals surface area contributed by atoms with Gasteiger partial charge in [-0.1, -0.05) is 32.4 Å². The molecule has 0 atom stereocenters. The quantitative estimate of drug-likeness (QED) is 0.212. The van der Waals surface area contributed by atoms with E-state index >= 15 is 0 Å². The number of hydrogen-bond donors (Lipinski definition) is 0. The molecule has 0 bridgehead atoms. The number of rotatable bonds is 7. The average Bonchev–Trinajstić information content (AvgIpc) is 2.44. The Labute approximate surface area is 154 Å². The van der Waals surface area contributed by atoms with Crippen LogP contribution in [0.5, 0.6) is 5.75 Å². The molecule has 1 rings (SSSR count). The van der Waals surface area contributed by atoms with E-state index in [-0.39, 0.29) is 45.0 Å². The van der Waals surface area contributed by atoms with Crippen molar-refractivity contribution in [3.05, 3.63) is 32.3 Å². The number of halogens is 1. The topological polar surface area (TPSA) is 78.7 Å². The van der Waals surface area contributed by atoms with Crippen LogP contribution in [0.4, 0.5) is 5.69 Å². The van der Waals surface area contributed by atoms with E-state index in [0.29, 0.717) is 6.61 Å². The van der Waals surface area contributed by atoms with Gasteiger partial charge in [0.05, 0.1) is 22.1 Å². The molecule has 0 spiro atoms. The van der Waals surface area contributed by atoms with E-state index in [2.05, 4.69) is 33.9 Å². The Kier molecular flexibility index (Phi) is 6.78. The second-order valence-corrected chi connectivity index (χ2v) is 12.7. The highest BCUT2D eigenvalue weighted by Gasteiger charge is 2.37. The van der Waals surface area contributed by atoms with Crippen LogP contribution in [0, 0.1) is 17.0 Å². The summed E-state index contributed by atoms with van der Waals surface area (Å²) >= 11 is 6.02. The predicted octanol–water partition coefficient (Wildman–Crippen LogP) is 5.16. The SMILES string of the molecule is CC(=O)c1cc(Cl)c(C)c([N+](=O)[O-])c1OCCO[Si](C)(C)C(C)(C)C. The number of carbonyl (C=O) groups is 1. The molecule has 140 valence electrons. The second kappa shape index (κ2) is 7.84. The molecule has 0 aliphatic heterocycles. The maximum Gasteiger partial charge on any atom is 0.316 e. The number of nitro groups is 1. The monoisotopic (exact) mass is 387 g/mol. The molecule has 1 aromatic carbocycles. The van der Waals surface area contributed by atoms with Crippen LogP contribution in [0.2, 0.25) is 23.2 Å². The van der Waals surface area contributed by atoms with Crippen molar-refractivity contribution in [2.24, 2.45) is 0 Å². The first-order chi connectivity index (χ1) is 11.3. The van der Waals surface area contributed by atoms with Gasteiger partial charge in [0.1, 0.15) is 6.61 Å². The third kappa shape index (κ3) is 5.02. The van der Waals surface area contributed by atoms with Crippen molar-refractivity contribution in [2.75, 3.05) is 13.2 Å². The highest BCUT2D eigenvalue weighted by Crippen LogP contribution is 2.39. The van der Waals surface area contributed by atoms with E-state index in [1.807, 2.05) is 0 Å². The van der Waals surface area contributed by atoms with Gasteiger partial charge in [-0.05, 0) is 38.0 Å². The van der Waals surface area contributed by atoms with E-state index < -0.39 is 13.2 Å². The Balaban J connectivity index is 3.04. The molecule has 25 heavy (non-hydrogen) atoms. The summed E-state index contributed by atoms with van der Waals surface area (Å²) in [5.74, 6) is -0.386. The van der Waals surface area contributed by atoms with Crippen LogP contribution >= 0.6 is 11.6 Å². The third-order valence-corrected chi connectivity index (χ3v) is 9.54. The smallest absolute Gasteiger partial charge is 0.316 e. The van der Waals surface area contributed by atoms with Gasteiger partial charge in [-0.15, -0.1) is 0 Å². The van der Waals surface area contributed by atoms with E-state index in [9.17, 15) is 14.9 Å². The van der Waals surface area contributed by atoms with Gasteiger partial charge in [0.25, 0.3) is 0 Å². The predicted molar refractivity (Wildman–Crippen MR) is 101 cm³/mol. The van der Waals surface area contributed by atoms with Gasteiger partial charge in [-0.25, -0.2) is 0 Å². The molecule has 0 radical (unpaired) electrons. The first kappa shape index (κ1) is 21.6. The summed E-state index contributed by atoms with van der Waals surface area (Å²) in [7, 11) is -1.94. The number of benzene rings is 1. The normalized spacial score (nSPS) is 12.2. The van der Waals surface area contributed by atoms with Gasteiger partial charge < -0.3 is 9.16 Å². The summed E-state index contributed by atoms with van der Waals surface area (Å²) in [4.78, 5) is 22.7. The number of carbonyl (C=O) groups excluding carboxylic acids is 1. The molecule has 0 amide bonds. The molecule has 0 aliphatic carbocycles. The fourth-order valence-corrected chi connectivity index (χ4v) is 3.22. The Hall–Kier alpha value is -1.44. The molecule has 0 N–H and O–H groups in total. The van der Waals surface area contributed by atoms with Crippen LogP contribution in [0.25, 0.3) is 0 Å². The van der Waals surface area contributed by atoms with Crippen molar-refractivity contribution < 1.29 is 18.9 Å². The minimum Gasteiger partial charge on any atom is -0.484 e. The van der Waals surface area contributed by atoms with Crippen LogP contribution < -0.4 is 4.74 Å². The number of nitrogens with zero attached hydrogens (tertiary/aromatic N) is 1. The third-order valence-electron chi connectivity index (χ3n) is 4.60. The fraction of sp³-hybridized carbons (Fsp3) is 0.588. The zero-order chi connectivity index (χ0) is 19.6. The summed E-state index contributed by atoms with van der Waals surface area (Å²) < 4.78 is 11.6. The molecule has 0 saturated heterocycles. The van der Waals surface area contributed by atoms with Gasteiger partial charge in [0.2, 0.25) is 5.75 Å². The summed E-state index contributed by atoms with van der Waals surface area (Å²) in [5.41, 5.74) is 0.108. The zero-order valence-electron chi connectivity index (χ0n) is 15.9. The number of ether oxygens (including phenoxy) is 1. The van der Waals surface area contributed by atoms with Gasteiger partial charge in [0.15, 0.2) is 14.1 Å². The van der Waals surface area contributed by atoms with Gasteiger partial charge in [0, 0.05) is 5.56 Å². The minimum atomic E-state index is -1.94. The lowest BCUT2D eigenvalue weighted by molar-refractivity contribution is -0.386. The maximum atomic E-state index is 11.8. The largest absolute Gasteiger partial charge is 0.484 e. The van der Waals surface area contributed by atoms with Crippen molar-refractivity contribution in [1.29, 1.82) is 0 Å². The van der Waals surface area contributed by atoms with Gasteiger partial charge in [-0.2, -0.15) is 0 Å². The van der Waals surface area contributed by atoms with E-state index in [4.69, 9.17) is 20.8 Å². The second-order valence-electron chi connectivity index (χ2n) is 7.48. The molecule has 0 aromatic heterocycles. The van der Waals surface area contributed by atoms with Crippen LogP contribution in [-0.2, 0) is 4.43 Å². The van der Waals surface area contributed by atoms with Crippen molar-refractivity contribution in [3.8, 4) is 5.75 Å². The van der Waals surface area contributed by atoms with E-state index in [1.165, 1.54) is 19.9 Å². The van der Waals surface area contributed by atoms with Crippen LogP contribution in [0.15, 0.2) is 6.07 Å². The van der Waals surface area contributed by atoms with Gasteiger partial charge >= 0.3 is 5.69 Å². The molecule has 1 aromatic rings. The first-order valence-electron chi connectivity index (χ1n) is 8.04. The van der Waals surface area contributed by atoms with E-state index in [1.54, 1.807) is 0 Å². The molecule has 6 nitrogen and oxygen atoms in total. The van der Waals surface area contributed by atoms with Crippen molar-refractivity contribution in [3.63, 3.8) is 0 Å². The lowest BCUT2D eigenvalue weighted by atomic mass is 10.1. The highest BCUT2D eigenvalue weighted by atomic mass is 35.5. The minimum absolute atomic E-state index is 0.0433. The maximum absolute atomic E-state index is 11.8. The molecule has 0 aliphatic rings. The Morgan fingerprint density at radius 1 is 1.32 bits per heavy atom. The summed E-state index contributed by atoms with van der Waals surface area (Å²) in [6, 6.07) is 1.41. The summed E-state index contributed by atoms with van der Waals surface area (Å²) in [6.45, 7) is 13.9. The van der Waals surface area contributed by atoms with Gasteiger partial charge in [-0.3, -0.25) is 14.9 Å². The summed E-state index contributed by atoms with van der Waals surface area (Å²) in [5, 5.41) is 11.6. The molecule has 0 saturated carbocycles. The van der Waals surface area contributed by atoms with Crippen LogP contribution in [-0.4, -0.2) is 32.2 Å². The molecule has 8 heteroatoms. The molecule has 0 heterocycles. The van der Waals surface area contributed by atoms with Crippen molar-refractivity contribution in [2.45, 2.75) is 52.8 Å². The van der Waals surface area contributed by atoms with Crippen molar-refractivity contribution >= 4 is 31.4 Å². The Morgan fingerprint density at radius 3 is 2.32 bits per heavy atom. The summed E-state index contributed by atoms with van der Waals surface area (Å²) in [6.07, 6.45) is 0. The standard InChI is InChI=1S/C17H26ClNO5Si/c1-11-14(18)10-13(12(2)20)16(15(11)19(21)22)23-8-9-24-25(6,7)17(3,4)5/h10H,8-9H2,1-7H3. The number of ketones is 1.